The quantitative estimate of drug-likeness (QED) is 0.751. The minimum Gasteiger partial charge on any atom is -0.497 e. The molecule has 1 aliphatic rings. The van der Waals surface area contributed by atoms with Crippen molar-refractivity contribution in [1.82, 2.24) is 9.62 Å². The van der Waals surface area contributed by atoms with Gasteiger partial charge in [0, 0.05) is 13.1 Å². The van der Waals surface area contributed by atoms with E-state index >= 15 is 0 Å². The fourth-order valence-electron chi connectivity index (χ4n) is 3.66. The molecule has 3 rings (SSSR count). The summed E-state index contributed by atoms with van der Waals surface area (Å²) >= 11 is 0. The van der Waals surface area contributed by atoms with Crippen LogP contribution in [0.1, 0.15) is 37.8 Å². The van der Waals surface area contributed by atoms with Crippen molar-refractivity contribution in [2.45, 2.75) is 37.1 Å². The predicted octanol–water partition coefficient (Wildman–Crippen LogP) is 3.36. The Morgan fingerprint density at radius 3 is 2.48 bits per heavy atom. The first kappa shape index (κ1) is 21.3. The van der Waals surface area contributed by atoms with Gasteiger partial charge in [0.05, 0.1) is 24.0 Å². The average Bonchev–Trinajstić information content (AvgIpc) is 2.78. The molecule has 29 heavy (non-hydrogen) atoms. The van der Waals surface area contributed by atoms with E-state index < -0.39 is 10.0 Å². The van der Waals surface area contributed by atoms with Gasteiger partial charge in [0.15, 0.2) is 0 Å². The van der Waals surface area contributed by atoms with Gasteiger partial charge < -0.3 is 10.1 Å². The number of sulfonamides is 1. The third-order valence-corrected chi connectivity index (χ3v) is 7.26. The number of amides is 1. The van der Waals surface area contributed by atoms with Gasteiger partial charge in [0.2, 0.25) is 15.9 Å². The van der Waals surface area contributed by atoms with E-state index in [1.54, 1.807) is 37.4 Å². The number of methoxy groups -OCH3 is 1. The van der Waals surface area contributed by atoms with Gasteiger partial charge in [0.1, 0.15) is 5.75 Å². The zero-order valence-corrected chi connectivity index (χ0v) is 17.7. The second-order valence-corrected chi connectivity index (χ2v) is 9.20. The molecule has 1 saturated heterocycles. The standard InChI is InChI=1S/C22H28N2O4S/c1-3-21(17-11-13-19(28-2)14-12-17)23-22(25)18-8-7-15-24(16-18)29(26,27)20-9-5-4-6-10-20/h4-6,9-14,18,21H,3,7-8,15-16H2,1-2H3,(H,23,25)/t18-,21+/m1/s1. The molecule has 0 unspecified atom stereocenters. The Balaban J connectivity index is 1.68. The number of carbonyl (C=O) groups excluding carboxylic acids is 1. The summed E-state index contributed by atoms with van der Waals surface area (Å²) in [7, 11) is -1.97. The highest BCUT2D eigenvalue weighted by molar-refractivity contribution is 7.89. The maximum absolute atomic E-state index is 12.9. The van der Waals surface area contributed by atoms with E-state index in [0.29, 0.717) is 19.4 Å². The molecule has 2 aromatic rings. The lowest BCUT2D eigenvalue weighted by molar-refractivity contribution is -0.126. The van der Waals surface area contributed by atoms with Crippen LogP contribution in [-0.4, -0.2) is 38.8 Å². The van der Waals surface area contributed by atoms with Crippen LogP contribution in [0, 0.1) is 5.92 Å². The van der Waals surface area contributed by atoms with Gasteiger partial charge in [-0.2, -0.15) is 4.31 Å². The first-order chi connectivity index (χ1) is 14.0. The molecule has 1 aliphatic heterocycles. The molecule has 0 radical (unpaired) electrons. The van der Waals surface area contributed by atoms with E-state index in [9.17, 15) is 13.2 Å². The number of nitrogens with one attached hydrogen (secondary N) is 1. The third kappa shape index (κ3) is 4.97. The van der Waals surface area contributed by atoms with Crippen molar-refractivity contribution in [3.8, 4) is 5.75 Å². The molecule has 0 bridgehead atoms. The Morgan fingerprint density at radius 2 is 1.86 bits per heavy atom. The molecule has 0 saturated carbocycles. The van der Waals surface area contributed by atoms with Crippen LogP contribution < -0.4 is 10.1 Å². The maximum atomic E-state index is 12.9. The van der Waals surface area contributed by atoms with Gasteiger partial charge >= 0.3 is 0 Å². The Labute approximate surface area is 172 Å². The third-order valence-electron chi connectivity index (χ3n) is 5.38. The second kappa shape index (κ2) is 9.41. The van der Waals surface area contributed by atoms with Crippen molar-refractivity contribution in [3.63, 3.8) is 0 Å². The summed E-state index contributed by atoms with van der Waals surface area (Å²) in [6, 6.07) is 15.9. The molecule has 1 N–H and O–H groups in total. The van der Waals surface area contributed by atoms with Crippen LogP contribution in [0.25, 0.3) is 0 Å². The van der Waals surface area contributed by atoms with Gasteiger partial charge in [-0.3, -0.25) is 4.79 Å². The minimum absolute atomic E-state index is 0.0966. The van der Waals surface area contributed by atoms with Crippen LogP contribution in [0.2, 0.25) is 0 Å². The Bertz CT molecular complexity index is 914. The number of benzene rings is 2. The highest BCUT2D eigenvalue weighted by Crippen LogP contribution is 2.26. The van der Waals surface area contributed by atoms with E-state index in [0.717, 1.165) is 17.7 Å². The van der Waals surface area contributed by atoms with Crippen LogP contribution in [0.4, 0.5) is 0 Å². The zero-order valence-electron chi connectivity index (χ0n) is 16.9. The van der Waals surface area contributed by atoms with E-state index in [4.69, 9.17) is 4.74 Å². The van der Waals surface area contributed by atoms with Crippen LogP contribution in [-0.2, 0) is 14.8 Å². The topological polar surface area (TPSA) is 75.7 Å². The molecule has 156 valence electrons. The number of carbonyl (C=O) groups is 1. The number of hydrogen-bond donors (Lipinski definition) is 1. The number of hydrogen-bond acceptors (Lipinski definition) is 4. The normalized spacial score (nSPS) is 18.8. The van der Waals surface area contributed by atoms with Crippen LogP contribution in [0.5, 0.6) is 5.75 Å². The summed E-state index contributed by atoms with van der Waals surface area (Å²) in [6.07, 6.45) is 2.10. The van der Waals surface area contributed by atoms with Crippen LogP contribution >= 0.6 is 0 Å². The van der Waals surface area contributed by atoms with Crippen LogP contribution in [0.15, 0.2) is 59.5 Å². The molecule has 2 aromatic carbocycles. The highest BCUT2D eigenvalue weighted by atomic mass is 32.2. The summed E-state index contributed by atoms with van der Waals surface area (Å²) in [5.41, 5.74) is 1.01. The SMILES string of the molecule is CC[C@H](NC(=O)[C@@H]1CCCN(S(=O)(=O)c2ccccc2)C1)c1ccc(OC)cc1. The first-order valence-electron chi connectivity index (χ1n) is 9.95. The summed E-state index contributed by atoms with van der Waals surface area (Å²) in [5, 5.41) is 3.10. The summed E-state index contributed by atoms with van der Waals surface area (Å²) in [4.78, 5) is 13.2. The molecule has 7 heteroatoms. The molecule has 0 aliphatic carbocycles. The largest absolute Gasteiger partial charge is 0.497 e. The van der Waals surface area contributed by atoms with Crippen molar-refractivity contribution in [2.75, 3.05) is 20.2 Å². The fraction of sp³-hybridized carbons (Fsp3) is 0.409. The number of piperidine rings is 1. The number of rotatable bonds is 7. The van der Waals surface area contributed by atoms with Gasteiger partial charge in [-0.15, -0.1) is 0 Å². The van der Waals surface area contributed by atoms with E-state index in [-0.39, 0.29) is 29.3 Å². The summed E-state index contributed by atoms with van der Waals surface area (Å²) < 4.78 is 32.4. The lowest BCUT2D eigenvalue weighted by Crippen LogP contribution is -2.46. The van der Waals surface area contributed by atoms with E-state index in [1.807, 2.05) is 31.2 Å². The lowest BCUT2D eigenvalue weighted by atomic mass is 9.97. The Hall–Kier alpha value is -2.38. The fourth-order valence-corrected chi connectivity index (χ4v) is 5.21. The van der Waals surface area contributed by atoms with Crippen LogP contribution in [0.3, 0.4) is 0 Å². The molecule has 0 spiro atoms. The summed E-state index contributed by atoms with van der Waals surface area (Å²) in [5.74, 6) is 0.319. The van der Waals surface area contributed by atoms with Crippen molar-refractivity contribution >= 4 is 15.9 Å². The van der Waals surface area contributed by atoms with Crippen molar-refractivity contribution in [2.24, 2.45) is 5.92 Å². The summed E-state index contributed by atoms with van der Waals surface area (Å²) in [6.45, 7) is 2.67. The van der Waals surface area contributed by atoms with Gasteiger partial charge in [0.25, 0.3) is 0 Å². The number of ether oxygens (including phenoxy) is 1. The minimum atomic E-state index is -3.58. The van der Waals surface area contributed by atoms with E-state index in [2.05, 4.69) is 5.32 Å². The van der Waals surface area contributed by atoms with Crippen molar-refractivity contribution < 1.29 is 17.9 Å². The average molecular weight is 417 g/mol. The molecular weight excluding hydrogens is 388 g/mol. The molecule has 1 heterocycles. The van der Waals surface area contributed by atoms with Gasteiger partial charge in [-0.25, -0.2) is 8.42 Å². The molecular formula is C22H28N2O4S. The second-order valence-electron chi connectivity index (χ2n) is 7.26. The van der Waals surface area contributed by atoms with E-state index in [1.165, 1.54) is 4.31 Å². The lowest BCUT2D eigenvalue weighted by Gasteiger charge is -2.32. The first-order valence-corrected chi connectivity index (χ1v) is 11.4. The van der Waals surface area contributed by atoms with Crippen molar-refractivity contribution in [1.29, 1.82) is 0 Å². The Kier molecular flexibility index (Phi) is 6.92. The smallest absolute Gasteiger partial charge is 0.243 e. The molecule has 0 aromatic heterocycles. The Morgan fingerprint density at radius 1 is 1.17 bits per heavy atom. The monoisotopic (exact) mass is 416 g/mol. The van der Waals surface area contributed by atoms with Gasteiger partial charge in [-0.1, -0.05) is 37.3 Å². The maximum Gasteiger partial charge on any atom is 0.243 e. The molecule has 1 amide bonds. The van der Waals surface area contributed by atoms with Gasteiger partial charge in [-0.05, 0) is 49.1 Å². The predicted molar refractivity (Wildman–Crippen MR) is 112 cm³/mol. The molecule has 1 fully saturated rings. The molecule has 2 atom stereocenters. The number of nitrogens with zero attached hydrogens (tertiary/aromatic N) is 1. The zero-order chi connectivity index (χ0) is 20.9. The molecule has 6 nitrogen and oxygen atoms in total. The highest BCUT2D eigenvalue weighted by Gasteiger charge is 2.33. The van der Waals surface area contributed by atoms with Crippen molar-refractivity contribution in [3.05, 3.63) is 60.2 Å².